The molecule has 1 aromatic rings. The van der Waals surface area contributed by atoms with E-state index in [1.165, 1.54) is 38.5 Å². The second kappa shape index (κ2) is 4.83. The van der Waals surface area contributed by atoms with Crippen LogP contribution < -0.4 is 5.32 Å². The van der Waals surface area contributed by atoms with Gasteiger partial charge in [-0.3, -0.25) is 0 Å². The van der Waals surface area contributed by atoms with Crippen LogP contribution in [0.5, 0.6) is 0 Å². The van der Waals surface area contributed by atoms with Gasteiger partial charge >= 0.3 is 0 Å². The van der Waals surface area contributed by atoms with E-state index in [2.05, 4.69) is 17.4 Å². The molecule has 4 unspecified atom stereocenters. The molecule has 0 spiro atoms. The predicted octanol–water partition coefficient (Wildman–Crippen LogP) is 3.00. The molecule has 1 aliphatic heterocycles. The summed E-state index contributed by atoms with van der Waals surface area (Å²) < 4.78 is 5.72. The molecular weight excluding hydrogens is 250 g/mol. The fourth-order valence-electron chi connectivity index (χ4n) is 4.77. The Kier molecular flexibility index (Phi) is 3.09. The number of hydrogen-bond donors (Lipinski definition) is 1. The highest BCUT2D eigenvalue weighted by molar-refractivity contribution is 5.12. The van der Waals surface area contributed by atoms with E-state index in [4.69, 9.17) is 9.51 Å². The average molecular weight is 275 g/mol. The standard InChI is InChI=1S/C16H25N3O/c1-2-16(6-3-7-17-10-16)15-18-14(19-20-15)13-9-11-4-5-12(13)8-11/h11-13,17H,2-10H2,1H3. The third kappa shape index (κ3) is 1.92. The second-order valence-electron chi connectivity index (χ2n) is 7.15. The maximum atomic E-state index is 5.72. The van der Waals surface area contributed by atoms with E-state index >= 15 is 0 Å². The lowest BCUT2D eigenvalue weighted by Crippen LogP contribution is -2.43. The molecular formula is C16H25N3O. The van der Waals surface area contributed by atoms with Crippen molar-refractivity contribution in [1.29, 1.82) is 0 Å². The molecule has 1 saturated heterocycles. The fraction of sp³-hybridized carbons (Fsp3) is 0.875. The maximum Gasteiger partial charge on any atom is 0.234 e. The second-order valence-corrected chi connectivity index (χ2v) is 7.15. The normalized spacial score (nSPS) is 40.4. The van der Waals surface area contributed by atoms with Gasteiger partial charge in [0.25, 0.3) is 0 Å². The molecule has 4 nitrogen and oxygen atoms in total. The summed E-state index contributed by atoms with van der Waals surface area (Å²) >= 11 is 0. The number of hydrogen-bond acceptors (Lipinski definition) is 4. The summed E-state index contributed by atoms with van der Waals surface area (Å²) in [5.74, 6) is 4.24. The van der Waals surface area contributed by atoms with Crippen LogP contribution in [0, 0.1) is 11.8 Å². The van der Waals surface area contributed by atoms with Gasteiger partial charge in [0.05, 0.1) is 5.41 Å². The summed E-state index contributed by atoms with van der Waals surface area (Å²) in [6.07, 6.45) is 8.96. The number of fused-ring (bicyclic) bond motifs is 2. The molecule has 2 saturated carbocycles. The van der Waals surface area contributed by atoms with E-state index < -0.39 is 0 Å². The lowest BCUT2D eigenvalue weighted by atomic mass is 9.78. The van der Waals surface area contributed by atoms with Gasteiger partial charge in [0.15, 0.2) is 5.82 Å². The van der Waals surface area contributed by atoms with Crippen LogP contribution in [0.25, 0.3) is 0 Å². The summed E-state index contributed by atoms with van der Waals surface area (Å²) in [4.78, 5) is 4.86. The van der Waals surface area contributed by atoms with Crippen molar-refractivity contribution in [2.24, 2.45) is 11.8 Å². The molecule has 3 aliphatic rings. The minimum atomic E-state index is 0.0844. The highest BCUT2D eigenvalue weighted by atomic mass is 16.5. The van der Waals surface area contributed by atoms with Crippen molar-refractivity contribution in [2.45, 2.75) is 63.2 Å². The summed E-state index contributed by atoms with van der Waals surface area (Å²) in [6.45, 7) is 4.35. The Morgan fingerprint density at radius 1 is 1.35 bits per heavy atom. The van der Waals surface area contributed by atoms with Crippen LogP contribution >= 0.6 is 0 Å². The molecule has 2 aliphatic carbocycles. The van der Waals surface area contributed by atoms with Crippen LogP contribution in [-0.4, -0.2) is 23.2 Å². The Labute approximate surface area is 120 Å². The first kappa shape index (κ1) is 12.8. The van der Waals surface area contributed by atoms with Crippen molar-refractivity contribution in [3.05, 3.63) is 11.7 Å². The number of aromatic nitrogens is 2. The molecule has 3 fully saturated rings. The number of rotatable bonds is 3. The Bertz CT molecular complexity index is 478. The van der Waals surface area contributed by atoms with Crippen molar-refractivity contribution >= 4 is 0 Å². The fourth-order valence-corrected chi connectivity index (χ4v) is 4.77. The third-order valence-corrected chi connectivity index (χ3v) is 6.11. The van der Waals surface area contributed by atoms with Crippen LogP contribution in [0.3, 0.4) is 0 Å². The van der Waals surface area contributed by atoms with Gasteiger partial charge in [0, 0.05) is 12.5 Å². The average Bonchev–Trinajstić information content (AvgIpc) is 3.23. The quantitative estimate of drug-likeness (QED) is 0.921. The minimum absolute atomic E-state index is 0.0844. The number of piperidine rings is 1. The summed E-state index contributed by atoms with van der Waals surface area (Å²) in [5.41, 5.74) is 0.0844. The first-order chi connectivity index (χ1) is 9.81. The molecule has 0 aromatic carbocycles. The Morgan fingerprint density at radius 2 is 2.30 bits per heavy atom. The van der Waals surface area contributed by atoms with Gasteiger partial charge in [-0.1, -0.05) is 18.5 Å². The minimum Gasteiger partial charge on any atom is -0.339 e. The third-order valence-electron chi connectivity index (χ3n) is 6.11. The van der Waals surface area contributed by atoms with E-state index in [9.17, 15) is 0 Å². The number of nitrogens with zero attached hydrogens (tertiary/aromatic N) is 2. The zero-order valence-electron chi connectivity index (χ0n) is 12.4. The van der Waals surface area contributed by atoms with Crippen molar-refractivity contribution in [2.75, 3.05) is 13.1 Å². The first-order valence-corrected chi connectivity index (χ1v) is 8.35. The molecule has 0 radical (unpaired) electrons. The van der Waals surface area contributed by atoms with E-state index in [1.54, 1.807) is 0 Å². The molecule has 20 heavy (non-hydrogen) atoms. The zero-order valence-corrected chi connectivity index (χ0v) is 12.4. The zero-order chi connectivity index (χ0) is 13.6. The molecule has 4 heteroatoms. The van der Waals surface area contributed by atoms with Crippen LogP contribution in [-0.2, 0) is 5.41 Å². The van der Waals surface area contributed by atoms with E-state index in [0.717, 1.165) is 43.1 Å². The topological polar surface area (TPSA) is 51.0 Å². The van der Waals surface area contributed by atoms with Gasteiger partial charge in [0.1, 0.15) is 0 Å². The molecule has 2 heterocycles. The molecule has 0 amide bonds. The van der Waals surface area contributed by atoms with Crippen molar-refractivity contribution in [3.8, 4) is 0 Å². The lowest BCUT2D eigenvalue weighted by Gasteiger charge is -2.33. The summed E-state index contributed by atoms with van der Waals surface area (Å²) in [7, 11) is 0. The monoisotopic (exact) mass is 275 g/mol. The van der Waals surface area contributed by atoms with Crippen molar-refractivity contribution in [1.82, 2.24) is 15.5 Å². The molecule has 110 valence electrons. The van der Waals surface area contributed by atoms with Gasteiger partial charge in [-0.2, -0.15) is 4.98 Å². The Morgan fingerprint density at radius 3 is 2.95 bits per heavy atom. The van der Waals surface area contributed by atoms with Crippen LogP contribution in [0.4, 0.5) is 0 Å². The van der Waals surface area contributed by atoms with Gasteiger partial charge in [-0.05, 0) is 56.9 Å². The Hall–Kier alpha value is -0.900. The Balaban J connectivity index is 1.58. The van der Waals surface area contributed by atoms with Crippen LogP contribution in [0.1, 0.15) is 69.5 Å². The van der Waals surface area contributed by atoms with E-state index in [-0.39, 0.29) is 5.41 Å². The van der Waals surface area contributed by atoms with Crippen LogP contribution in [0.15, 0.2) is 4.52 Å². The van der Waals surface area contributed by atoms with Gasteiger partial charge in [-0.25, -0.2) is 0 Å². The van der Waals surface area contributed by atoms with Crippen LogP contribution in [0.2, 0.25) is 0 Å². The SMILES string of the molecule is CCC1(c2nc(C3CC4CCC3C4)no2)CCCNC1. The molecule has 1 aromatic heterocycles. The maximum absolute atomic E-state index is 5.72. The number of nitrogens with one attached hydrogen (secondary N) is 1. The highest BCUT2D eigenvalue weighted by Crippen LogP contribution is 2.52. The summed E-state index contributed by atoms with van der Waals surface area (Å²) in [5, 5.41) is 7.87. The molecule has 4 atom stereocenters. The largest absolute Gasteiger partial charge is 0.339 e. The van der Waals surface area contributed by atoms with Crippen molar-refractivity contribution < 1.29 is 4.52 Å². The smallest absolute Gasteiger partial charge is 0.234 e. The van der Waals surface area contributed by atoms with E-state index in [1.807, 2.05) is 0 Å². The molecule has 2 bridgehead atoms. The van der Waals surface area contributed by atoms with Gasteiger partial charge < -0.3 is 9.84 Å². The molecule has 1 N–H and O–H groups in total. The lowest BCUT2D eigenvalue weighted by molar-refractivity contribution is 0.220. The van der Waals surface area contributed by atoms with Gasteiger partial charge in [0.2, 0.25) is 5.89 Å². The van der Waals surface area contributed by atoms with Crippen molar-refractivity contribution in [3.63, 3.8) is 0 Å². The summed E-state index contributed by atoms with van der Waals surface area (Å²) in [6, 6.07) is 0. The first-order valence-electron chi connectivity index (χ1n) is 8.35. The van der Waals surface area contributed by atoms with Gasteiger partial charge in [-0.15, -0.1) is 0 Å². The molecule has 4 rings (SSSR count). The van der Waals surface area contributed by atoms with E-state index in [0.29, 0.717) is 5.92 Å². The highest BCUT2D eigenvalue weighted by Gasteiger charge is 2.44. The predicted molar refractivity (Wildman–Crippen MR) is 76.6 cm³/mol.